The Labute approximate surface area is 136 Å². The van der Waals surface area contributed by atoms with E-state index in [4.69, 9.17) is 0 Å². The summed E-state index contributed by atoms with van der Waals surface area (Å²) in [6.07, 6.45) is 15.8. The minimum absolute atomic E-state index is 0. The molecule has 0 N–H and O–H groups in total. The Kier molecular flexibility index (Phi) is 4.81. The Morgan fingerprint density at radius 3 is 1.79 bits per heavy atom. The van der Waals surface area contributed by atoms with Gasteiger partial charge in [-0.05, 0) is 0 Å². The van der Waals surface area contributed by atoms with E-state index in [1.165, 1.54) is 5.56 Å². The molecular formula is C17H16ClHf. The number of hydrogen-bond acceptors (Lipinski definition) is 0. The topological polar surface area (TPSA) is 0 Å². The van der Waals surface area contributed by atoms with Crippen molar-refractivity contribution < 1.29 is 24.4 Å². The van der Waals surface area contributed by atoms with Crippen LogP contribution < -0.4 is 0 Å². The number of allylic oxidation sites excluding steroid dienone is 8. The molecule has 0 radical (unpaired) electrons. The monoisotopic (exact) mass is 435 g/mol. The average Bonchev–Trinajstić information content (AvgIpc) is 3.12. The molecule has 0 unspecified atom stereocenters. The van der Waals surface area contributed by atoms with Gasteiger partial charge in [0.2, 0.25) is 0 Å². The predicted molar refractivity (Wildman–Crippen MR) is 79.0 cm³/mol. The van der Waals surface area contributed by atoms with Gasteiger partial charge < -0.3 is 0 Å². The summed E-state index contributed by atoms with van der Waals surface area (Å²) in [7, 11) is 0. The molecule has 0 spiro atoms. The Morgan fingerprint density at radius 1 is 0.842 bits per heavy atom. The van der Waals surface area contributed by atoms with Crippen molar-refractivity contribution in [1.82, 2.24) is 0 Å². The fourth-order valence-electron chi connectivity index (χ4n) is 2.72. The third kappa shape index (κ3) is 2.64. The number of benzene rings is 1. The van der Waals surface area contributed by atoms with Gasteiger partial charge in [0, 0.05) is 0 Å². The zero-order chi connectivity index (χ0) is 12.4. The molecule has 3 rings (SSSR count). The van der Waals surface area contributed by atoms with E-state index >= 15 is 0 Å². The molecule has 0 saturated carbocycles. The van der Waals surface area contributed by atoms with E-state index in [1.807, 2.05) is 0 Å². The van der Waals surface area contributed by atoms with Crippen molar-refractivity contribution in [2.24, 2.45) is 0 Å². The van der Waals surface area contributed by atoms with E-state index in [1.54, 1.807) is 11.1 Å². The van der Waals surface area contributed by atoms with Crippen LogP contribution in [0.5, 0.6) is 0 Å². The van der Waals surface area contributed by atoms with Gasteiger partial charge >= 0.3 is 124 Å². The second kappa shape index (κ2) is 6.19. The van der Waals surface area contributed by atoms with Crippen molar-refractivity contribution in [3.63, 3.8) is 0 Å². The molecule has 2 heteroatoms. The molecule has 0 heterocycles. The Balaban J connectivity index is 0.00000133. The first kappa shape index (κ1) is 14.7. The van der Waals surface area contributed by atoms with Crippen LogP contribution in [0, 0.1) is 0 Å². The van der Waals surface area contributed by atoms with Crippen LogP contribution in [0.3, 0.4) is 0 Å². The van der Waals surface area contributed by atoms with Crippen LogP contribution in [0.2, 0.25) is 0 Å². The number of rotatable bonds is 3. The van der Waals surface area contributed by atoms with Crippen LogP contribution in [0.4, 0.5) is 0 Å². The summed E-state index contributed by atoms with van der Waals surface area (Å²) >= 11 is 1.12. The summed E-state index contributed by atoms with van der Waals surface area (Å²) in [4.78, 5) is 0. The van der Waals surface area contributed by atoms with Crippen molar-refractivity contribution in [1.29, 1.82) is 0 Å². The Hall–Kier alpha value is -0.660. The fraction of sp³-hybridized carbons (Fsp3) is 0.176. The van der Waals surface area contributed by atoms with Gasteiger partial charge in [0.25, 0.3) is 0 Å². The van der Waals surface area contributed by atoms with E-state index in [9.17, 15) is 0 Å². The van der Waals surface area contributed by atoms with Crippen molar-refractivity contribution in [2.75, 3.05) is 0 Å². The summed E-state index contributed by atoms with van der Waals surface area (Å²) in [5.74, 6) is 0. The van der Waals surface area contributed by atoms with Gasteiger partial charge in [-0.15, -0.1) is 12.4 Å². The van der Waals surface area contributed by atoms with Crippen LogP contribution in [-0.4, -0.2) is 0 Å². The molecule has 0 saturated heterocycles. The number of halogens is 1. The fourth-order valence-corrected chi connectivity index (χ4v) is 4.65. The molecule has 0 nitrogen and oxygen atoms in total. The van der Waals surface area contributed by atoms with Crippen molar-refractivity contribution in [3.05, 3.63) is 83.5 Å². The third-order valence-electron chi connectivity index (χ3n) is 3.71. The van der Waals surface area contributed by atoms with Crippen LogP contribution in [0.15, 0.2) is 77.9 Å². The van der Waals surface area contributed by atoms with Gasteiger partial charge in [-0.25, -0.2) is 0 Å². The standard InChI is InChI=1S/C17H15.ClH.Hf/c1-2-8-14(9-3-1)17(15-10-4-5-11-15)16-12-6-7-13-16;;/h1-10,12H,11,13H2;1H;. The Bertz CT molecular complexity index is 534. The molecule has 0 bridgehead atoms. The zero-order valence-corrected chi connectivity index (χ0v) is 15.1. The van der Waals surface area contributed by atoms with Gasteiger partial charge in [-0.3, -0.25) is 0 Å². The van der Waals surface area contributed by atoms with E-state index in [0.717, 1.165) is 37.2 Å². The molecule has 95 valence electrons. The molecule has 0 fully saturated rings. The maximum absolute atomic E-state index is 2.32. The molecule has 2 aliphatic rings. The first-order valence-corrected chi connectivity index (χ1v) is 8.14. The quantitative estimate of drug-likeness (QED) is 0.610. The van der Waals surface area contributed by atoms with E-state index < -0.39 is 0 Å². The summed E-state index contributed by atoms with van der Waals surface area (Å²) in [6, 6.07) is 11.0. The zero-order valence-electron chi connectivity index (χ0n) is 10.7. The van der Waals surface area contributed by atoms with E-state index in [2.05, 4.69) is 66.8 Å². The molecule has 1 aromatic carbocycles. The number of hydrogen-bond donors (Lipinski definition) is 0. The van der Waals surface area contributed by atoms with Crippen LogP contribution in [-0.2, 0) is 27.5 Å². The summed E-state index contributed by atoms with van der Waals surface area (Å²) < 4.78 is 0.189. The first-order chi connectivity index (χ1) is 8.82. The molecular weight excluding hydrogens is 418 g/mol. The van der Waals surface area contributed by atoms with Crippen LogP contribution in [0.1, 0.15) is 18.4 Å². The average molecular weight is 434 g/mol. The van der Waals surface area contributed by atoms with Crippen LogP contribution >= 0.6 is 12.4 Å². The molecule has 0 amide bonds. The predicted octanol–water partition coefficient (Wildman–Crippen LogP) is 4.62. The molecule has 0 aromatic heterocycles. The third-order valence-corrected chi connectivity index (χ3v) is 7.06. The summed E-state index contributed by atoms with van der Waals surface area (Å²) in [5.41, 5.74) is 4.59. The van der Waals surface area contributed by atoms with E-state index in [0.29, 0.717) is 0 Å². The molecule has 1 aromatic rings. The van der Waals surface area contributed by atoms with Gasteiger partial charge in [0.05, 0.1) is 0 Å². The first-order valence-electron chi connectivity index (χ1n) is 6.34. The normalized spacial score (nSPS) is 17.0. The van der Waals surface area contributed by atoms with Crippen molar-refractivity contribution >= 4 is 12.4 Å². The Morgan fingerprint density at radius 2 is 1.37 bits per heavy atom. The second-order valence-corrected chi connectivity index (χ2v) is 7.46. The molecule has 0 atom stereocenters. The maximum atomic E-state index is 2.32. The van der Waals surface area contributed by atoms with Gasteiger partial charge in [-0.1, -0.05) is 0 Å². The van der Waals surface area contributed by atoms with Gasteiger partial charge in [-0.2, -0.15) is 0 Å². The summed E-state index contributed by atoms with van der Waals surface area (Å²) in [5, 5.41) is 0. The van der Waals surface area contributed by atoms with Crippen molar-refractivity contribution in [3.8, 4) is 0 Å². The molecule has 19 heavy (non-hydrogen) atoms. The minimum atomic E-state index is 0. The van der Waals surface area contributed by atoms with Crippen molar-refractivity contribution in [2.45, 2.75) is 16.0 Å². The SMILES string of the molecule is Cl.[Hf][C](C1=CC=CC1)(C1=CC=CC1)c1ccccc1. The van der Waals surface area contributed by atoms with Gasteiger partial charge in [0.15, 0.2) is 0 Å². The summed E-state index contributed by atoms with van der Waals surface area (Å²) in [6.45, 7) is 0. The second-order valence-electron chi connectivity index (χ2n) is 4.76. The molecule has 2 aliphatic carbocycles. The van der Waals surface area contributed by atoms with Crippen LogP contribution in [0.25, 0.3) is 0 Å². The molecule has 0 aliphatic heterocycles. The van der Waals surface area contributed by atoms with E-state index in [-0.39, 0.29) is 15.6 Å². The van der Waals surface area contributed by atoms with Gasteiger partial charge in [0.1, 0.15) is 0 Å².